The van der Waals surface area contributed by atoms with Crippen LogP contribution in [0.4, 0.5) is 0 Å². The first-order valence-electron chi connectivity index (χ1n) is 3.53. The van der Waals surface area contributed by atoms with E-state index in [1.165, 1.54) is 6.04 Å². The van der Waals surface area contributed by atoms with Gasteiger partial charge in [-0.3, -0.25) is 0 Å². The van der Waals surface area contributed by atoms with Crippen LogP contribution in [0.1, 0.15) is 6.42 Å². The van der Waals surface area contributed by atoms with Crippen molar-refractivity contribution < 1.29 is 0 Å². The fourth-order valence-electron chi connectivity index (χ4n) is 0.846. The Morgan fingerprint density at radius 3 is 3.00 bits per heavy atom. The zero-order valence-electron chi connectivity index (χ0n) is 6.22. The molecule has 1 aliphatic rings. The summed E-state index contributed by atoms with van der Waals surface area (Å²) in [5.74, 6) is 0. The highest BCUT2D eigenvalue weighted by atomic mass is 14.9. The van der Waals surface area contributed by atoms with Crippen LogP contribution >= 0.6 is 0 Å². The van der Waals surface area contributed by atoms with E-state index in [2.05, 4.69) is 16.7 Å². The van der Waals surface area contributed by atoms with E-state index in [1.54, 1.807) is 0 Å². The van der Waals surface area contributed by atoms with Crippen molar-refractivity contribution in [3.8, 4) is 0 Å². The molecule has 1 heterocycles. The van der Waals surface area contributed by atoms with Crippen LogP contribution in [-0.2, 0) is 0 Å². The smallest absolute Gasteiger partial charge is 0.0833 e. The van der Waals surface area contributed by atoms with Crippen LogP contribution in [0, 0.1) is 6.04 Å². The normalized spacial score (nSPS) is 17.3. The summed E-state index contributed by atoms with van der Waals surface area (Å²) in [6, 6.07) is 1.27. The van der Waals surface area contributed by atoms with E-state index in [1.807, 2.05) is 25.4 Å². The molecule has 55 valence electrons. The summed E-state index contributed by atoms with van der Waals surface area (Å²) in [4.78, 5) is 0. The molecule has 0 aromatic rings. The Morgan fingerprint density at radius 1 is 1.50 bits per heavy atom. The van der Waals surface area contributed by atoms with E-state index >= 15 is 0 Å². The lowest BCUT2D eigenvalue weighted by Gasteiger charge is -2.13. The number of rotatable bonds is 3. The SMILES string of the molecule is CNCC[C]1C=CC=CN1. The Kier molecular flexibility index (Phi) is 3.03. The van der Waals surface area contributed by atoms with E-state index in [9.17, 15) is 0 Å². The maximum absolute atomic E-state index is 3.16. The van der Waals surface area contributed by atoms with E-state index < -0.39 is 0 Å². The van der Waals surface area contributed by atoms with Gasteiger partial charge in [0.15, 0.2) is 0 Å². The molecular weight excluding hydrogens is 124 g/mol. The molecule has 0 saturated heterocycles. The van der Waals surface area contributed by atoms with Crippen molar-refractivity contribution in [2.75, 3.05) is 13.6 Å². The minimum absolute atomic E-state index is 1.03. The van der Waals surface area contributed by atoms with Gasteiger partial charge in [-0.1, -0.05) is 12.2 Å². The van der Waals surface area contributed by atoms with Crippen molar-refractivity contribution in [1.82, 2.24) is 10.6 Å². The summed E-state index contributed by atoms with van der Waals surface area (Å²) in [7, 11) is 1.96. The highest BCUT2D eigenvalue weighted by Gasteiger charge is 2.02. The molecule has 0 aliphatic carbocycles. The standard InChI is InChI=1S/C8H13N2/c1-9-7-5-8-4-2-3-6-10-8/h2-4,6,9-10H,5,7H2,1H3. The van der Waals surface area contributed by atoms with Crippen LogP contribution in [-0.4, -0.2) is 13.6 Å². The van der Waals surface area contributed by atoms with Gasteiger partial charge in [0.05, 0.1) is 6.04 Å². The Hall–Kier alpha value is -0.760. The molecule has 1 aliphatic heterocycles. The average Bonchev–Trinajstić information content (AvgIpc) is 2.03. The van der Waals surface area contributed by atoms with Gasteiger partial charge in [0, 0.05) is 0 Å². The quantitative estimate of drug-likeness (QED) is 0.601. The second kappa shape index (κ2) is 4.12. The number of dihydropyridines is 1. The summed E-state index contributed by atoms with van der Waals surface area (Å²) in [6.45, 7) is 1.03. The molecule has 10 heavy (non-hydrogen) atoms. The zero-order chi connectivity index (χ0) is 7.23. The van der Waals surface area contributed by atoms with Crippen molar-refractivity contribution in [3.05, 3.63) is 30.5 Å². The molecule has 0 aromatic carbocycles. The second-order valence-electron chi connectivity index (χ2n) is 2.24. The second-order valence-corrected chi connectivity index (χ2v) is 2.24. The minimum Gasteiger partial charge on any atom is -0.379 e. The van der Waals surface area contributed by atoms with Crippen molar-refractivity contribution in [2.45, 2.75) is 6.42 Å². The van der Waals surface area contributed by atoms with Gasteiger partial charge in [-0.2, -0.15) is 0 Å². The first-order valence-corrected chi connectivity index (χ1v) is 3.53. The molecule has 2 N–H and O–H groups in total. The summed E-state index contributed by atoms with van der Waals surface area (Å²) in [5.41, 5.74) is 0. The molecule has 0 bridgehead atoms. The Labute approximate surface area is 62.0 Å². The Morgan fingerprint density at radius 2 is 2.40 bits per heavy atom. The fraction of sp³-hybridized carbons (Fsp3) is 0.375. The molecule has 0 unspecified atom stereocenters. The Balaban J connectivity index is 2.17. The van der Waals surface area contributed by atoms with Crippen LogP contribution < -0.4 is 10.6 Å². The molecule has 2 heteroatoms. The van der Waals surface area contributed by atoms with Crippen LogP contribution in [0.15, 0.2) is 24.4 Å². The lowest BCUT2D eigenvalue weighted by atomic mass is 10.1. The highest BCUT2D eigenvalue weighted by molar-refractivity contribution is 5.20. The van der Waals surface area contributed by atoms with Gasteiger partial charge < -0.3 is 10.6 Å². The third-order valence-electron chi connectivity index (χ3n) is 1.42. The van der Waals surface area contributed by atoms with Gasteiger partial charge in [-0.25, -0.2) is 0 Å². The van der Waals surface area contributed by atoms with Gasteiger partial charge in [0.25, 0.3) is 0 Å². The molecular formula is C8H13N2. The molecule has 0 fully saturated rings. The lowest BCUT2D eigenvalue weighted by molar-refractivity contribution is 0.706. The Bertz CT molecular complexity index is 138. The van der Waals surface area contributed by atoms with E-state index in [4.69, 9.17) is 0 Å². The molecule has 0 atom stereocenters. The van der Waals surface area contributed by atoms with Gasteiger partial charge in [0.1, 0.15) is 0 Å². The van der Waals surface area contributed by atoms with Crippen LogP contribution in [0.2, 0.25) is 0 Å². The zero-order valence-corrected chi connectivity index (χ0v) is 6.22. The lowest BCUT2D eigenvalue weighted by Crippen LogP contribution is -2.20. The van der Waals surface area contributed by atoms with Crippen molar-refractivity contribution in [1.29, 1.82) is 0 Å². The predicted molar refractivity (Wildman–Crippen MR) is 43.2 cm³/mol. The molecule has 1 rings (SSSR count). The summed E-state index contributed by atoms with van der Waals surface area (Å²) < 4.78 is 0. The molecule has 0 aromatic heterocycles. The maximum atomic E-state index is 3.16. The maximum Gasteiger partial charge on any atom is 0.0833 e. The third-order valence-corrected chi connectivity index (χ3v) is 1.42. The fourth-order valence-corrected chi connectivity index (χ4v) is 0.846. The van der Waals surface area contributed by atoms with Crippen LogP contribution in [0.3, 0.4) is 0 Å². The van der Waals surface area contributed by atoms with Gasteiger partial charge in [-0.15, -0.1) is 0 Å². The molecule has 1 radical (unpaired) electrons. The first-order chi connectivity index (χ1) is 4.93. The van der Waals surface area contributed by atoms with Crippen LogP contribution in [0.5, 0.6) is 0 Å². The van der Waals surface area contributed by atoms with E-state index in [-0.39, 0.29) is 0 Å². The molecule has 0 amide bonds. The largest absolute Gasteiger partial charge is 0.379 e. The van der Waals surface area contributed by atoms with Gasteiger partial charge in [-0.05, 0) is 32.3 Å². The number of allylic oxidation sites excluding steroid dienone is 2. The monoisotopic (exact) mass is 137 g/mol. The van der Waals surface area contributed by atoms with Crippen molar-refractivity contribution >= 4 is 0 Å². The molecule has 0 spiro atoms. The van der Waals surface area contributed by atoms with Crippen molar-refractivity contribution in [2.24, 2.45) is 0 Å². The third kappa shape index (κ3) is 2.23. The average molecular weight is 137 g/mol. The van der Waals surface area contributed by atoms with E-state index in [0.717, 1.165) is 13.0 Å². The number of nitrogens with one attached hydrogen (secondary N) is 2. The summed E-state index contributed by atoms with van der Waals surface area (Å²) >= 11 is 0. The van der Waals surface area contributed by atoms with Crippen LogP contribution in [0.25, 0.3) is 0 Å². The predicted octanol–water partition coefficient (Wildman–Crippen LogP) is 0.801. The minimum atomic E-state index is 1.03. The molecule has 2 nitrogen and oxygen atoms in total. The topological polar surface area (TPSA) is 24.1 Å². The summed E-state index contributed by atoms with van der Waals surface area (Å²) in [5, 5.41) is 6.26. The van der Waals surface area contributed by atoms with Gasteiger partial charge in [0.2, 0.25) is 0 Å². The van der Waals surface area contributed by atoms with Crippen molar-refractivity contribution in [3.63, 3.8) is 0 Å². The first kappa shape index (κ1) is 7.35. The summed E-state index contributed by atoms with van der Waals surface area (Å²) in [6.07, 6.45) is 9.14. The van der Waals surface area contributed by atoms with E-state index in [0.29, 0.717) is 0 Å². The number of hydrogen-bond acceptors (Lipinski definition) is 2. The number of hydrogen-bond donors (Lipinski definition) is 2. The highest BCUT2D eigenvalue weighted by Crippen LogP contribution is 2.05. The molecule has 0 saturated carbocycles. The van der Waals surface area contributed by atoms with Gasteiger partial charge >= 0.3 is 0 Å².